The summed E-state index contributed by atoms with van der Waals surface area (Å²) in [4.78, 5) is 0. The number of rotatable bonds is 4. The van der Waals surface area contributed by atoms with Gasteiger partial charge in [-0.3, -0.25) is 4.18 Å². The zero-order chi connectivity index (χ0) is 14.9. The van der Waals surface area contributed by atoms with Gasteiger partial charge in [0.15, 0.2) is 12.5 Å². The molecular formula is C11H13Cl2NO5S. The molecule has 0 bridgehead atoms. The highest BCUT2D eigenvalue weighted by atomic mass is 35.5. The lowest BCUT2D eigenvalue weighted by atomic mass is 10.1. The molecule has 0 spiro atoms. The quantitative estimate of drug-likeness (QED) is 0.908. The van der Waals surface area contributed by atoms with Gasteiger partial charge < -0.3 is 9.47 Å². The van der Waals surface area contributed by atoms with Crippen molar-refractivity contribution in [2.45, 2.75) is 25.5 Å². The Balaban J connectivity index is 2.28. The van der Waals surface area contributed by atoms with Crippen LogP contribution in [-0.2, 0) is 24.0 Å². The Hall–Kier alpha value is -0.410. The molecule has 1 saturated heterocycles. The third-order valence-corrected chi connectivity index (χ3v) is 4.22. The summed E-state index contributed by atoms with van der Waals surface area (Å²) in [6, 6.07) is 4.84. The highest BCUT2D eigenvalue weighted by molar-refractivity contribution is 7.84. The van der Waals surface area contributed by atoms with E-state index in [2.05, 4.69) is 8.91 Å². The second-order valence-electron chi connectivity index (χ2n) is 4.09. The molecular weight excluding hydrogens is 329 g/mol. The molecule has 1 aromatic rings. The lowest BCUT2D eigenvalue weighted by molar-refractivity contribution is -0.0523. The van der Waals surface area contributed by atoms with Gasteiger partial charge in [-0.25, -0.2) is 0 Å². The third kappa shape index (κ3) is 3.62. The first-order valence-corrected chi connectivity index (χ1v) is 7.82. The molecule has 20 heavy (non-hydrogen) atoms. The molecule has 0 aromatic heterocycles. The van der Waals surface area contributed by atoms with E-state index in [1.807, 2.05) is 0 Å². The van der Waals surface area contributed by atoms with Gasteiger partial charge in [-0.2, -0.15) is 13.1 Å². The van der Waals surface area contributed by atoms with E-state index in [0.29, 0.717) is 15.6 Å². The van der Waals surface area contributed by atoms with Crippen molar-refractivity contribution < 1.29 is 22.1 Å². The normalized spacial score (nSPS) is 26.9. The van der Waals surface area contributed by atoms with Crippen LogP contribution in [0, 0.1) is 0 Å². The van der Waals surface area contributed by atoms with Gasteiger partial charge in [-0.15, -0.1) is 0 Å². The standard InChI is InChI=1S/C11H13Cl2NO5S/c1-6-18-10(8-4-3-7(12)5-9(8)13)11(19-6)14-20(15,16)17-2/h3-6,10-11,14H,1-2H3/t6?,10-,11-/m1/s1. The summed E-state index contributed by atoms with van der Waals surface area (Å²) in [5, 5.41) is 0.835. The fourth-order valence-corrected chi connectivity index (χ4v) is 2.91. The Morgan fingerprint density at radius 3 is 2.60 bits per heavy atom. The van der Waals surface area contributed by atoms with Gasteiger partial charge in [0.25, 0.3) is 0 Å². The fraction of sp³-hybridized carbons (Fsp3) is 0.455. The maximum Gasteiger partial charge on any atom is 0.337 e. The van der Waals surface area contributed by atoms with Crippen molar-refractivity contribution >= 4 is 33.5 Å². The van der Waals surface area contributed by atoms with E-state index in [9.17, 15) is 8.42 Å². The van der Waals surface area contributed by atoms with Crippen LogP contribution >= 0.6 is 23.2 Å². The Morgan fingerprint density at radius 2 is 2.00 bits per heavy atom. The number of ether oxygens (including phenoxy) is 2. The molecule has 1 aliphatic heterocycles. The molecule has 1 heterocycles. The van der Waals surface area contributed by atoms with Crippen LogP contribution < -0.4 is 4.72 Å². The highest BCUT2D eigenvalue weighted by Gasteiger charge is 2.38. The third-order valence-electron chi connectivity index (χ3n) is 2.70. The van der Waals surface area contributed by atoms with Crippen molar-refractivity contribution in [1.29, 1.82) is 0 Å². The summed E-state index contributed by atoms with van der Waals surface area (Å²) in [7, 11) is -2.86. The summed E-state index contributed by atoms with van der Waals surface area (Å²) in [6.45, 7) is 1.65. The number of hydrogen-bond donors (Lipinski definition) is 1. The molecule has 112 valence electrons. The second-order valence-corrected chi connectivity index (χ2v) is 6.41. The van der Waals surface area contributed by atoms with E-state index in [1.54, 1.807) is 25.1 Å². The molecule has 1 unspecified atom stereocenters. The predicted molar refractivity (Wildman–Crippen MR) is 73.7 cm³/mol. The van der Waals surface area contributed by atoms with E-state index >= 15 is 0 Å². The molecule has 2 rings (SSSR count). The summed E-state index contributed by atoms with van der Waals surface area (Å²) >= 11 is 11.9. The number of hydrogen-bond acceptors (Lipinski definition) is 5. The van der Waals surface area contributed by atoms with Crippen LogP contribution in [0.1, 0.15) is 18.6 Å². The molecule has 1 fully saturated rings. The van der Waals surface area contributed by atoms with Crippen molar-refractivity contribution in [2.75, 3.05) is 7.11 Å². The van der Waals surface area contributed by atoms with Crippen LogP contribution in [0.3, 0.4) is 0 Å². The molecule has 3 atom stereocenters. The van der Waals surface area contributed by atoms with Crippen LogP contribution in [0.4, 0.5) is 0 Å². The molecule has 1 N–H and O–H groups in total. The monoisotopic (exact) mass is 341 g/mol. The van der Waals surface area contributed by atoms with Gasteiger partial charge >= 0.3 is 10.3 Å². The topological polar surface area (TPSA) is 73.9 Å². The number of benzene rings is 1. The smallest absolute Gasteiger partial charge is 0.337 e. The minimum Gasteiger partial charge on any atom is -0.341 e. The molecule has 0 aliphatic carbocycles. The largest absolute Gasteiger partial charge is 0.341 e. The van der Waals surface area contributed by atoms with E-state index in [4.69, 9.17) is 32.7 Å². The maximum atomic E-state index is 11.5. The summed E-state index contributed by atoms with van der Waals surface area (Å²) in [6.07, 6.45) is -2.22. The van der Waals surface area contributed by atoms with Gasteiger partial charge in [-0.05, 0) is 19.1 Å². The molecule has 1 aromatic carbocycles. The first-order valence-electron chi connectivity index (χ1n) is 5.66. The van der Waals surface area contributed by atoms with Crippen LogP contribution in [0.25, 0.3) is 0 Å². The molecule has 6 nitrogen and oxygen atoms in total. The molecule has 1 aliphatic rings. The van der Waals surface area contributed by atoms with E-state index in [0.717, 1.165) is 7.11 Å². The minimum atomic E-state index is -3.91. The van der Waals surface area contributed by atoms with Crippen LogP contribution in [0.2, 0.25) is 10.0 Å². The van der Waals surface area contributed by atoms with Gasteiger partial charge in [-0.1, -0.05) is 29.3 Å². The average molecular weight is 342 g/mol. The van der Waals surface area contributed by atoms with Crippen molar-refractivity contribution in [3.8, 4) is 0 Å². The number of halogens is 2. The number of nitrogens with one attached hydrogen (secondary N) is 1. The van der Waals surface area contributed by atoms with E-state index in [-0.39, 0.29) is 0 Å². The second kappa shape index (κ2) is 6.15. The van der Waals surface area contributed by atoms with Crippen molar-refractivity contribution in [2.24, 2.45) is 0 Å². The summed E-state index contributed by atoms with van der Waals surface area (Å²) in [5.41, 5.74) is 0.573. The molecule has 0 amide bonds. The molecule has 0 saturated carbocycles. The van der Waals surface area contributed by atoms with Crippen molar-refractivity contribution in [1.82, 2.24) is 4.72 Å². The summed E-state index contributed by atoms with van der Waals surface area (Å²) in [5.74, 6) is 0. The van der Waals surface area contributed by atoms with Crippen LogP contribution in [0.5, 0.6) is 0 Å². The molecule has 9 heteroatoms. The Bertz CT molecular complexity index is 594. The van der Waals surface area contributed by atoms with Crippen molar-refractivity contribution in [3.63, 3.8) is 0 Å². The fourth-order valence-electron chi connectivity index (χ4n) is 1.84. The van der Waals surface area contributed by atoms with Gasteiger partial charge in [0.2, 0.25) is 0 Å². The van der Waals surface area contributed by atoms with Gasteiger partial charge in [0, 0.05) is 15.6 Å². The first kappa shape index (κ1) is 16.0. The van der Waals surface area contributed by atoms with Crippen LogP contribution in [0.15, 0.2) is 18.2 Å². The average Bonchev–Trinajstić information content (AvgIpc) is 2.69. The first-order chi connectivity index (χ1) is 9.32. The summed E-state index contributed by atoms with van der Waals surface area (Å²) < 4.78 is 40.4. The Labute approximate surface area is 127 Å². The van der Waals surface area contributed by atoms with Gasteiger partial charge in [0.1, 0.15) is 6.10 Å². The Morgan fingerprint density at radius 1 is 1.30 bits per heavy atom. The highest BCUT2D eigenvalue weighted by Crippen LogP contribution is 2.36. The van der Waals surface area contributed by atoms with Crippen molar-refractivity contribution in [3.05, 3.63) is 33.8 Å². The SMILES string of the molecule is COS(=O)(=O)N[C@@H]1OC(C)O[C@@H]1c1ccc(Cl)cc1Cl. The van der Waals surface area contributed by atoms with E-state index < -0.39 is 28.9 Å². The maximum absolute atomic E-state index is 11.5. The zero-order valence-corrected chi connectivity index (χ0v) is 13.0. The van der Waals surface area contributed by atoms with Gasteiger partial charge in [0.05, 0.1) is 7.11 Å². The lowest BCUT2D eigenvalue weighted by Crippen LogP contribution is -2.38. The lowest BCUT2D eigenvalue weighted by Gasteiger charge is -2.18. The van der Waals surface area contributed by atoms with E-state index in [1.165, 1.54) is 0 Å². The molecule has 0 radical (unpaired) electrons. The van der Waals surface area contributed by atoms with Crippen LogP contribution in [-0.4, -0.2) is 28.0 Å². The Kier molecular flexibility index (Phi) is 4.91. The minimum absolute atomic E-state index is 0.363. The predicted octanol–water partition coefficient (Wildman–Crippen LogP) is 2.23. The zero-order valence-electron chi connectivity index (χ0n) is 10.7.